The Labute approximate surface area is 164 Å². The number of nitrogens with one attached hydrogen (secondary N) is 1. The van der Waals surface area contributed by atoms with Crippen molar-refractivity contribution < 1.29 is 14.4 Å². The van der Waals surface area contributed by atoms with Crippen LogP contribution in [0.1, 0.15) is 49.1 Å². The van der Waals surface area contributed by atoms with Gasteiger partial charge in [-0.25, -0.2) is 4.90 Å². The maximum atomic E-state index is 13.1. The second-order valence-electron chi connectivity index (χ2n) is 7.55. The Kier molecular flexibility index (Phi) is 4.51. The highest BCUT2D eigenvalue weighted by molar-refractivity contribution is 6.35. The van der Waals surface area contributed by atoms with Gasteiger partial charge in [0.25, 0.3) is 17.7 Å². The van der Waals surface area contributed by atoms with Crippen molar-refractivity contribution in [3.8, 4) is 0 Å². The van der Waals surface area contributed by atoms with E-state index in [2.05, 4.69) is 5.32 Å². The minimum atomic E-state index is -0.378. The van der Waals surface area contributed by atoms with E-state index in [1.165, 1.54) is 4.90 Å². The smallest absolute Gasteiger partial charge is 0.266 e. The lowest BCUT2D eigenvalue weighted by Crippen LogP contribution is -2.52. The number of carbonyl (C=O) groups excluding carboxylic acids is 3. The van der Waals surface area contributed by atoms with Gasteiger partial charge in [0.1, 0.15) is 0 Å². The maximum absolute atomic E-state index is 13.1. The van der Waals surface area contributed by atoms with Crippen LogP contribution in [0.25, 0.3) is 0 Å². The van der Waals surface area contributed by atoms with Crippen LogP contribution in [0.5, 0.6) is 0 Å². The molecular formula is C22H23N3O3. The highest BCUT2D eigenvalue weighted by atomic mass is 16.2. The molecule has 1 N–H and O–H groups in total. The van der Waals surface area contributed by atoms with Crippen molar-refractivity contribution in [1.29, 1.82) is 0 Å². The number of benzene rings is 2. The summed E-state index contributed by atoms with van der Waals surface area (Å²) in [5, 5.41) is 3.26. The van der Waals surface area contributed by atoms with Crippen LogP contribution in [0.3, 0.4) is 0 Å². The van der Waals surface area contributed by atoms with Gasteiger partial charge in [0.15, 0.2) is 0 Å². The molecule has 6 nitrogen and oxygen atoms in total. The second kappa shape index (κ2) is 6.87. The van der Waals surface area contributed by atoms with Gasteiger partial charge in [0, 0.05) is 31.2 Å². The summed E-state index contributed by atoms with van der Waals surface area (Å²) in [6.07, 6.45) is 0. The zero-order chi connectivity index (χ0) is 20.0. The van der Waals surface area contributed by atoms with Crippen LogP contribution in [0.4, 0.5) is 5.69 Å². The molecule has 4 rings (SSSR count). The van der Waals surface area contributed by atoms with Gasteiger partial charge in [-0.3, -0.25) is 14.4 Å². The number of hydrogen-bond donors (Lipinski definition) is 1. The molecule has 0 aliphatic carbocycles. The van der Waals surface area contributed by atoms with Crippen LogP contribution in [-0.2, 0) is 0 Å². The predicted molar refractivity (Wildman–Crippen MR) is 107 cm³/mol. The molecule has 2 aliphatic rings. The van der Waals surface area contributed by atoms with E-state index in [1.807, 2.05) is 43.9 Å². The lowest BCUT2D eigenvalue weighted by atomic mass is 10.0. The number of nitrogens with zero attached hydrogens (tertiary/aromatic N) is 2. The number of hydrogen-bond acceptors (Lipinski definition) is 4. The molecule has 1 fully saturated rings. The van der Waals surface area contributed by atoms with E-state index in [1.54, 1.807) is 18.2 Å². The van der Waals surface area contributed by atoms with Crippen LogP contribution in [0, 0.1) is 13.8 Å². The molecule has 28 heavy (non-hydrogen) atoms. The molecule has 3 amide bonds. The molecule has 0 bridgehead atoms. The van der Waals surface area contributed by atoms with E-state index in [4.69, 9.17) is 0 Å². The molecule has 1 saturated heterocycles. The Morgan fingerprint density at radius 1 is 1.04 bits per heavy atom. The summed E-state index contributed by atoms with van der Waals surface area (Å²) < 4.78 is 0. The number of amides is 3. The number of anilines is 1. The normalized spacial score (nSPS) is 19.2. The molecule has 2 heterocycles. The molecule has 0 aromatic heterocycles. The van der Waals surface area contributed by atoms with E-state index in [0.29, 0.717) is 28.9 Å². The first-order chi connectivity index (χ1) is 13.4. The van der Waals surface area contributed by atoms with Gasteiger partial charge in [0.2, 0.25) is 0 Å². The van der Waals surface area contributed by atoms with Crippen LogP contribution in [0.15, 0.2) is 36.4 Å². The van der Waals surface area contributed by atoms with Gasteiger partial charge in [-0.2, -0.15) is 0 Å². The first-order valence-corrected chi connectivity index (χ1v) is 9.50. The van der Waals surface area contributed by atoms with Crippen LogP contribution in [0.2, 0.25) is 0 Å². The summed E-state index contributed by atoms with van der Waals surface area (Å²) in [6, 6.07) is 10.6. The molecule has 2 aromatic rings. The monoisotopic (exact) mass is 377 g/mol. The van der Waals surface area contributed by atoms with E-state index >= 15 is 0 Å². The van der Waals surface area contributed by atoms with E-state index in [9.17, 15) is 14.4 Å². The minimum Gasteiger partial charge on any atom is -0.333 e. The molecule has 2 aliphatic heterocycles. The fourth-order valence-electron chi connectivity index (χ4n) is 3.86. The average Bonchev–Trinajstić information content (AvgIpc) is 2.94. The van der Waals surface area contributed by atoms with Gasteiger partial charge >= 0.3 is 0 Å². The molecule has 1 atom stereocenters. The number of aryl methyl sites for hydroxylation is 2. The number of carbonyl (C=O) groups is 3. The van der Waals surface area contributed by atoms with E-state index in [-0.39, 0.29) is 23.8 Å². The Hall–Kier alpha value is -2.99. The first-order valence-electron chi connectivity index (χ1n) is 9.50. The summed E-state index contributed by atoms with van der Waals surface area (Å²) in [5.74, 6) is -0.831. The minimum absolute atomic E-state index is 0.0817. The van der Waals surface area contributed by atoms with Crippen LogP contribution >= 0.6 is 0 Å². The summed E-state index contributed by atoms with van der Waals surface area (Å²) in [4.78, 5) is 41.9. The van der Waals surface area contributed by atoms with Gasteiger partial charge < -0.3 is 10.2 Å². The van der Waals surface area contributed by atoms with E-state index in [0.717, 1.165) is 24.2 Å². The Bertz CT molecular complexity index is 999. The highest BCUT2D eigenvalue weighted by Crippen LogP contribution is 2.32. The number of piperazine rings is 1. The molecule has 0 saturated carbocycles. The summed E-state index contributed by atoms with van der Waals surface area (Å²) in [7, 11) is 0. The summed E-state index contributed by atoms with van der Waals surface area (Å²) >= 11 is 0. The van der Waals surface area contributed by atoms with Crippen molar-refractivity contribution in [2.24, 2.45) is 0 Å². The molecular weight excluding hydrogens is 354 g/mol. The van der Waals surface area contributed by atoms with E-state index < -0.39 is 0 Å². The maximum Gasteiger partial charge on any atom is 0.266 e. The quantitative estimate of drug-likeness (QED) is 0.817. The molecule has 1 unspecified atom stereocenters. The molecule has 2 aromatic carbocycles. The Morgan fingerprint density at radius 2 is 1.79 bits per heavy atom. The summed E-state index contributed by atoms with van der Waals surface area (Å²) in [5.41, 5.74) is 3.49. The summed E-state index contributed by atoms with van der Waals surface area (Å²) in [6.45, 7) is 7.91. The number of fused-ring (bicyclic) bond motifs is 1. The molecule has 0 radical (unpaired) electrons. The SMILES string of the molecule is Cc1ccc(C)c(N2C(=O)c3ccc(C(=O)N4CCNCC4C)cc3C2=O)c1. The molecule has 0 spiro atoms. The van der Waals surface area contributed by atoms with Gasteiger partial charge in [-0.05, 0) is 56.2 Å². The Morgan fingerprint density at radius 3 is 2.54 bits per heavy atom. The average molecular weight is 377 g/mol. The molecule has 6 heteroatoms. The third kappa shape index (κ3) is 2.90. The van der Waals surface area contributed by atoms with Gasteiger partial charge in [-0.1, -0.05) is 12.1 Å². The lowest BCUT2D eigenvalue weighted by molar-refractivity contribution is 0.0655. The lowest BCUT2D eigenvalue weighted by Gasteiger charge is -2.34. The zero-order valence-electron chi connectivity index (χ0n) is 16.3. The predicted octanol–water partition coefficient (Wildman–Crippen LogP) is 2.54. The van der Waals surface area contributed by atoms with Crippen molar-refractivity contribution in [1.82, 2.24) is 10.2 Å². The topological polar surface area (TPSA) is 69.7 Å². The van der Waals surface area contributed by atoms with Crippen LogP contribution in [-0.4, -0.2) is 48.3 Å². The van der Waals surface area contributed by atoms with Gasteiger partial charge in [0.05, 0.1) is 16.8 Å². The second-order valence-corrected chi connectivity index (χ2v) is 7.55. The largest absolute Gasteiger partial charge is 0.333 e. The molecule has 144 valence electrons. The van der Waals surface area contributed by atoms with Crippen LogP contribution < -0.4 is 10.2 Å². The van der Waals surface area contributed by atoms with Crippen molar-refractivity contribution in [3.63, 3.8) is 0 Å². The Balaban J connectivity index is 1.69. The van der Waals surface area contributed by atoms with Crippen molar-refractivity contribution in [3.05, 3.63) is 64.2 Å². The third-order valence-electron chi connectivity index (χ3n) is 5.50. The fourth-order valence-corrected chi connectivity index (χ4v) is 3.86. The number of rotatable bonds is 2. The van der Waals surface area contributed by atoms with Crippen molar-refractivity contribution in [2.75, 3.05) is 24.5 Å². The zero-order valence-corrected chi connectivity index (χ0v) is 16.3. The van der Waals surface area contributed by atoms with Gasteiger partial charge in [-0.15, -0.1) is 0 Å². The standard InChI is InChI=1S/C22H23N3O3/c1-13-4-5-14(2)19(10-13)25-21(27)17-7-6-16(11-18(17)22(25)28)20(26)24-9-8-23-12-15(24)3/h4-7,10-11,15,23H,8-9,12H2,1-3H3. The third-order valence-corrected chi connectivity index (χ3v) is 5.50. The number of imide groups is 1. The highest BCUT2D eigenvalue weighted by Gasteiger charge is 2.38. The fraction of sp³-hybridized carbons (Fsp3) is 0.318. The van der Waals surface area contributed by atoms with Crippen molar-refractivity contribution >= 4 is 23.4 Å². The van der Waals surface area contributed by atoms with Crippen molar-refractivity contribution in [2.45, 2.75) is 26.8 Å². The first kappa shape index (κ1) is 18.4.